The zero-order valence-electron chi connectivity index (χ0n) is 91.1. The van der Waals surface area contributed by atoms with Crippen molar-refractivity contribution in [1.82, 2.24) is 4.90 Å². The van der Waals surface area contributed by atoms with E-state index in [0.29, 0.717) is 456 Å². The van der Waals surface area contributed by atoms with Gasteiger partial charge in [0.15, 0.2) is 0 Å². The van der Waals surface area contributed by atoms with Crippen molar-refractivity contribution in [2.45, 2.75) is 77.0 Å². The van der Waals surface area contributed by atoms with Gasteiger partial charge in [0.05, 0.1) is 443 Å². The van der Waals surface area contributed by atoms with E-state index in [2.05, 4.69) is 93.3 Å². The van der Waals surface area contributed by atoms with Crippen LogP contribution in [0.5, 0.6) is 0 Å². The number of likely N-dealkylation sites (tertiary alicyclic amines) is 1. The van der Waals surface area contributed by atoms with Gasteiger partial charge in [0.1, 0.15) is 0 Å². The van der Waals surface area contributed by atoms with Gasteiger partial charge in [-0.05, 0) is 164 Å². The number of methoxy groups -OCH3 is 3. The Morgan fingerprint density at radius 2 is 0.399 bits per heavy atom. The summed E-state index contributed by atoms with van der Waals surface area (Å²) in [6, 6.07) is 24.4. The van der Waals surface area contributed by atoms with Gasteiger partial charge in [-0.25, -0.2) is 0 Å². The fourth-order valence-corrected chi connectivity index (χ4v) is 16.8. The number of hydrogen-bond acceptors (Lipinski definition) is 37. The average Bonchev–Trinajstić information content (AvgIpc) is 1.55. The summed E-state index contributed by atoms with van der Waals surface area (Å²) in [5, 5.41) is 0. The van der Waals surface area contributed by atoms with Crippen LogP contribution in [0.25, 0.3) is 33.4 Å². The maximum Gasteiger partial charge on any atom is 0.0701 e. The molecule has 1 fully saturated rings. The monoisotopic (exact) mass is 2110 g/mol. The predicted octanol–water partition coefficient (Wildman–Crippen LogP) is 10.3. The van der Waals surface area contributed by atoms with Crippen molar-refractivity contribution < 1.29 is 171 Å². The number of ether oxygens (including phenoxy) is 36. The van der Waals surface area contributed by atoms with E-state index in [4.69, 9.17) is 171 Å². The van der Waals surface area contributed by atoms with Gasteiger partial charge in [-0.15, -0.1) is 0 Å². The SMILES string of the molecule is COCCOCCOCCOCCOCCOCCOCCOCCOCCOCCOCCOCCCC1(CCCOCCOCCOCCOCCOCCOCCOCCOCCOCCOCCOCCOC)c2cc(-c3cc4c(cc3C)-c3ccc(C)cc3C43CCN(CCOCCOCCOCCOCCOCCOCCOCCOCCOCCOCCOCCOC)CC3)ccc2-c2cc(C)c(C)cc21. The van der Waals surface area contributed by atoms with Crippen molar-refractivity contribution >= 4 is 0 Å². The summed E-state index contributed by atoms with van der Waals surface area (Å²) in [4.78, 5) is 2.58. The predicted molar refractivity (Wildman–Crippen MR) is 560 cm³/mol. The van der Waals surface area contributed by atoms with Gasteiger partial charge < -0.3 is 175 Å². The van der Waals surface area contributed by atoms with E-state index in [0.717, 1.165) is 58.2 Å². The van der Waals surface area contributed by atoms with Crippen LogP contribution in [0.3, 0.4) is 0 Å². The van der Waals surface area contributed by atoms with E-state index in [1.54, 1.807) is 21.3 Å². The Hall–Kier alpha value is -4.60. The molecule has 0 aromatic heterocycles. The highest BCUT2D eigenvalue weighted by atomic mass is 16.6. The first-order valence-corrected chi connectivity index (χ1v) is 54.0. The van der Waals surface area contributed by atoms with Crippen LogP contribution in [0.1, 0.15) is 83.0 Å². The Balaban J connectivity index is 0.778. The van der Waals surface area contributed by atoms with Crippen molar-refractivity contribution in [1.29, 1.82) is 0 Å². The van der Waals surface area contributed by atoms with E-state index < -0.39 is 0 Å². The Morgan fingerprint density at radius 1 is 0.189 bits per heavy atom. The molecule has 0 unspecified atom stereocenters. The lowest BCUT2D eigenvalue weighted by Crippen LogP contribution is -2.43. The smallest absolute Gasteiger partial charge is 0.0701 e. The van der Waals surface area contributed by atoms with Crippen molar-refractivity contribution in [2.24, 2.45) is 0 Å². The van der Waals surface area contributed by atoms with Crippen LogP contribution in [0.15, 0.2) is 60.7 Å². The second-order valence-corrected chi connectivity index (χ2v) is 35.4. The van der Waals surface area contributed by atoms with E-state index in [9.17, 15) is 0 Å². The van der Waals surface area contributed by atoms with E-state index in [-0.39, 0.29) is 10.8 Å². The summed E-state index contributed by atoms with van der Waals surface area (Å²) in [5.74, 6) is 0. The van der Waals surface area contributed by atoms with Gasteiger partial charge in [-0.1, -0.05) is 54.1 Å². The normalized spacial score (nSPS) is 13.6. The van der Waals surface area contributed by atoms with Gasteiger partial charge in [0.2, 0.25) is 0 Å². The second kappa shape index (κ2) is 91.5. The number of nitrogens with zero attached hydrogens (tertiary/aromatic N) is 1. The lowest BCUT2D eigenvalue weighted by atomic mass is 9.69. The van der Waals surface area contributed by atoms with Crippen molar-refractivity contribution in [3.05, 3.63) is 105 Å². The van der Waals surface area contributed by atoms with Crippen LogP contribution in [-0.2, 0) is 181 Å². The summed E-state index contributed by atoms with van der Waals surface area (Å²) in [6.45, 7) is 46.6. The third-order valence-corrected chi connectivity index (χ3v) is 24.6. The van der Waals surface area contributed by atoms with Gasteiger partial charge in [0, 0.05) is 51.9 Å². The molecule has 1 spiro atoms. The van der Waals surface area contributed by atoms with Gasteiger partial charge in [-0.2, -0.15) is 0 Å². The Kier molecular flexibility index (Phi) is 80.5. The number of aryl methyl sites for hydroxylation is 4. The molecule has 148 heavy (non-hydrogen) atoms. The summed E-state index contributed by atoms with van der Waals surface area (Å²) >= 11 is 0. The molecular formula is C111H187NO36. The highest BCUT2D eigenvalue weighted by molar-refractivity contribution is 5.88. The Bertz CT molecular complexity index is 3650. The summed E-state index contributed by atoms with van der Waals surface area (Å²) in [6.07, 6.45) is 5.55. The fourth-order valence-electron chi connectivity index (χ4n) is 16.8. The third-order valence-electron chi connectivity index (χ3n) is 24.6. The number of hydrogen-bond donors (Lipinski definition) is 0. The molecule has 2 aliphatic carbocycles. The minimum atomic E-state index is -0.308. The lowest BCUT2D eigenvalue weighted by molar-refractivity contribution is -0.0282. The number of benzene rings is 4. The zero-order valence-corrected chi connectivity index (χ0v) is 91.1. The molecule has 4 aromatic rings. The van der Waals surface area contributed by atoms with Crippen LogP contribution < -0.4 is 0 Å². The number of piperidine rings is 1. The van der Waals surface area contributed by atoms with Crippen LogP contribution >= 0.6 is 0 Å². The first-order chi connectivity index (χ1) is 73.3. The molecule has 0 radical (unpaired) electrons. The molecular weight excluding hydrogens is 1920 g/mol. The standard InChI is InChI=1S/C111H187NO36/c1-96-10-12-101-105-92-99(4)103(95-109(105)111(106(101)90-96)16-18-112(19-17-111)20-23-118-32-35-124-44-47-130-56-59-136-68-71-142-80-83-148-89-86-145-77-74-139-65-62-133-53-50-127-41-38-121-29-26-115-7)100-11-13-102-104-91-97(2)98(3)93-107(104)110(108(102)94-100,14-8-21-116-30-33-122-42-45-128-54-57-134-66-69-140-78-81-146-87-84-143-75-72-137-63-60-131-51-48-125-39-36-119-27-24-113-5)15-9-22-117-31-34-123-43-46-129-55-58-135-67-70-141-79-82-147-88-85-144-76-73-138-64-61-132-52-49-126-40-37-120-28-25-114-6/h10-13,90-95H,8-9,14-89H2,1-7H3. The third kappa shape index (κ3) is 59.5. The lowest BCUT2D eigenvalue weighted by Gasteiger charge is -2.41. The molecule has 4 aromatic carbocycles. The van der Waals surface area contributed by atoms with Gasteiger partial charge >= 0.3 is 0 Å². The molecule has 7 rings (SSSR count). The molecule has 37 heteroatoms. The van der Waals surface area contributed by atoms with Gasteiger partial charge in [0.25, 0.3) is 0 Å². The fraction of sp³-hybridized carbons (Fsp3) is 0.784. The molecule has 852 valence electrons. The minimum Gasteiger partial charge on any atom is -0.382 e. The molecule has 0 atom stereocenters. The quantitative estimate of drug-likeness (QED) is 0.0371. The average molecular weight is 2110 g/mol. The molecule has 0 bridgehead atoms. The second-order valence-electron chi connectivity index (χ2n) is 35.4. The van der Waals surface area contributed by atoms with E-state index >= 15 is 0 Å². The maximum absolute atomic E-state index is 6.40. The number of fused-ring (bicyclic) bond motifs is 8. The van der Waals surface area contributed by atoms with E-state index in [1.165, 1.54) is 77.9 Å². The van der Waals surface area contributed by atoms with Gasteiger partial charge in [-0.3, -0.25) is 0 Å². The highest BCUT2D eigenvalue weighted by Crippen LogP contribution is 2.58. The van der Waals surface area contributed by atoms with Crippen molar-refractivity contribution in [2.75, 3.05) is 497 Å². The molecule has 1 aliphatic heterocycles. The van der Waals surface area contributed by atoms with Crippen LogP contribution in [0.4, 0.5) is 0 Å². The highest BCUT2D eigenvalue weighted by Gasteiger charge is 2.47. The first kappa shape index (κ1) is 130. The number of rotatable bonds is 111. The molecule has 0 amide bonds. The molecule has 37 nitrogen and oxygen atoms in total. The zero-order chi connectivity index (χ0) is 104. The summed E-state index contributed by atoms with van der Waals surface area (Å²) in [5.41, 5.74) is 18.2. The molecule has 0 N–H and O–H groups in total. The molecule has 3 aliphatic rings. The topological polar surface area (TPSA) is 336 Å². The van der Waals surface area contributed by atoms with Crippen LogP contribution in [0, 0.1) is 27.7 Å². The Labute approximate surface area is 883 Å². The largest absolute Gasteiger partial charge is 0.382 e. The first-order valence-electron chi connectivity index (χ1n) is 54.0. The maximum atomic E-state index is 6.40. The van der Waals surface area contributed by atoms with E-state index in [1.807, 2.05) is 0 Å². The molecule has 1 saturated heterocycles. The van der Waals surface area contributed by atoms with Crippen molar-refractivity contribution in [3.63, 3.8) is 0 Å². The van der Waals surface area contributed by atoms with Crippen LogP contribution in [-0.4, -0.2) is 502 Å². The molecule has 1 heterocycles. The van der Waals surface area contributed by atoms with Crippen LogP contribution in [0.2, 0.25) is 0 Å². The van der Waals surface area contributed by atoms with Crippen molar-refractivity contribution in [3.8, 4) is 33.4 Å². The minimum absolute atomic E-state index is 0.118. The summed E-state index contributed by atoms with van der Waals surface area (Å²) < 4.78 is 203. The Morgan fingerprint density at radius 3 is 0.669 bits per heavy atom. The molecule has 0 saturated carbocycles. The summed E-state index contributed by atoms with van der Waals surface area (Å²) in [7, 11) is 4.95.